The van der Waals surface area contributed by atoms with Crippen LogP contribution in [0.3, 0.4) is 0 Å². The van der Waals surface area contributed by atoms with Crippen LogP contribution in [0.2, 0.25) is 0 Å². The molecule has 1 amide bonds. The maximum absolute atomic E-state index is 13.0. The SMILES string of the molecule is NC(=O)C(c1nccc(C(F)(F)F)n1)c1nc2ccc(-c3ccccn3)cc2[nH]1. The third-order valence-electron chi connectivity index (χ3n) is 4.24. The van der Waals surface area contributed by atoms with E-state index in [1.54, 1.807) is 30.5 Å². The molecule has 0 aliphatic carbocycles. The van der Waals surface area contributed by atoms with Crippen LogP contribution in [-0.4, -0.2) is 30.8 Å². The highest BCUT2D eigenvalue weighted by Gasteiger charge is 2.35. The zero-order valence-corrected chi connectivity index (χ0v) is 14.7. The van der Waals surface area contributed by atoms with Crippen molar-refractivity contribution in [2.45, 2.75) is 12.1 Å². The van der Waals surface area contributed by atoms with Crippen molar-refractivity contribution in [3.8, 4) is 11.3 Å². The van der Waals surface area contributed by atoms with Gasteiger partial charge in [-0.2, -0.15) is 13.2 Å². The third kappa shape index (κ3) is 3.64. The quantitative estimate of drug-likeness (QED) is 0.549. The van der Waals surface area contributed by atoms with Gasteiger partial charge < -0.3 is 10.7 Å². The molecule has 0 saturated heterocycles. The first-order valence-corrected chi connectivity index (χ1v) is 8.43. The third-order valence-corrected chi connectivity index (χ3v) is 4.24. The van der Waals surface area contributed by atoms with Gasteiger partial charge in [0.05, 0.1) is 16.7 Å². The highest BCUT2D eigenvalue weighted by atomic mass is 19.4. The Bertz CT molecular complexity index is 1190. The van der Waals surface area contributed by atoms with Crippen LogP contribution in [0.4, 0.5) is 13.2 Å². The van der Waals surface area contributed by atoms with Crippen LogP contribution in [0.15, 0.2) is 54.9 Å². The Balaban J connectivity index is 1.78. The second kappa shape index (κ2) is 6.97. The van der Waals surface area contributed by atoms with Crippen LogP contribution in [0.25, 0.3) is 22.3 Å². The first-order valence-electron chi connectivity index (χ1n) is 8.43. The average Bonchev–Trinajstić information content (AvgIpc) is 3.10. The molecule has 0 aliphatic heterocycles. The number of carbonyl (C=O) groups is 1. The molecule has 146 valence electrons. The van der Waals surface area contributed by atoms with E-state index in [0.717, 1.165) is 23.5 Å². The first-order chi connectivity index (χ1) is 13.8. The molecule has 0 radical (unpaired) electrons. The Morgan fingerprint density at radius 1 is 1.03 bits per heavy atom. The summed E-state index contributed by atoms with van der Waals surface area (Å²) < 4.78 is 38.9. The summed E-state index contributed by atoms with van der Waals surface area (Å²) in [5.74, 6) is -2.60. The number of amides is 1. The smallest absolute Gasteiger partial charge is 0.369 e. The van der Waals surface area contributed by atoms with Crippen molar-refractivity contribution in [3.05, 3.63) is 72.2 Å². The predicted octanol–water partition coefficient (Wildman–Crippen LogP) is 3.05. The van der Waals surface area contributed by atoms with Crippen molar-refractivity contribution >= 4 is 16.9 Å². The van der Waals surface area contributed by atoms with Crippen molar-refractivity contribution in [2.24, 2.45) is 5.73 Å². The number of rotatable bonds is 4. The molecular weight excluding hydrogens is 385 g/mol. The molecule has 0 fully saturated rings. The largest absolute Gasteiger partial charge is 0.433 e. The van der Waals surface area contributed by atoms with E-state index in [1.165, 1.54) is 0 Å². The van der Waals surface area contributed by atoms with E-state index in [0.29, 0.717) is 11.0 Å². The number of alkyl halides is 3. The Hall–Kier alpha value is -3.82. The van der Waals surface area contributed by atoms with Crippen LogP contribution in [-0.2, 0) is 11.0 Å². The highest BCUT2D eigenvalue weighted by Crippen LogP contribution is 2.30. The summed E-state index contributed by atoms with van der Waals surface area (Å²) in [4.78, 5) is 30.8. The molecule has 0 saturated carbocycles. The number of aromatic amines is 1. The zero-order chi connectivity index (χ0) is 20.6. The van der Waals surface area contributed by atoms with Crippen molar-refractivity contribution < 1.29 is 18.0 Å². The molecule has 1 aromatic carbocycles. The number of pyridine rings is 1. The zero-order valence-electron chi connectivity index (χ0n) is 14.7. The predicted molar refractivity (Wildman–Crippen MR) is 97.4 cm³/mol. The van der Waals surface area contributed by atoms with E-state index in [-0.39, 0.29) is 11.6 Å². The summed E-state index contributed by atoms with van der Waals surface area (Å²) in [6.45, 7) is 0. The van der Waals surface area contributed by atoms with E-state index in [9.17, 15) is 18.0 Å². The average molecular weight is 398 g/mol. The molecule has 10 heteroatoms. The minimum atomic E-state index is -4.68. The van der Waals surface area contributed by atoms with Crippen molar-refractivity contribution in [2.75, 3.05) is 0 Å². The number of benzene rings is 1. The van der Waals surface area contributed by atoms with Gasteiger partial charge in [-0.05, 0) is 30.3 Å². The molecule has 3 aromatic heterocycles. The van der Waals surface area contributed by atoms with Gasteiger partial charge in [0.25, 0.3) is 0 Å². The number of fused-ring (bicyclic) bond motifs is 1. The van der Waals surface area contributed by atoms with Gasteiger partial charge in [-0.3, -0.25) is 9.78 Å². The fourth-order valence-electron chi connectivity index (χ4n) is 2.91. The molecule has 3 heterocycles. The minimum Gasteiger partial charge on any atom is -0.369 e. The molecular formula is C19H13F3N6O. The van der Waals surface area contributed by atoms with E-state index < -0.39 is 23.7 Å². The Kier molecular flexibility index (Phi) is 4.45. The van der Waals surface area contributed by atoms with E-state index in [1.807, 2.05) is 12.1 Å². The van der Waals surface area contributed by atoms with Gasteiger partial charge >= 0.3 is 6.18 Å². The molecule has 4 aromatic rings. The summed E-state index contributed by atoms with van der Waals surface area (Å²) in [7, 11) is 0. The fraction of sp³-hybridized carbons (Fsp3) is 0.105. The van der Waals surface area contributed by atoms with E-state index >= 15 is 0 Å². The molecule has 0 spiro atoms. The van der Waals surface area contributed by atoms with E-state index in [2.05, 4.69) is 24.9 Å². The Morgan fingerprint density at radius 3 is 2.55 bits per heavy atom. The number of halogens is 3. The lowest BCUT2D eigenvalue weighted by Gasteiger charge is -2.11. The molecule has 1 unspecified atom stereocenters. The van der Waals surface area contributed by atoms with Gasteiger partial charge in [0, 0.05) is 18.0 Å². The van der Waals surface area contributed by atoms with Crippen LogP contribution in [0.1, 0.15) is 23.3 Å². The summed E-state index contributed by atoms with van der Waals surface area (Å²) in [5.41, 5.74) is 6.89. The lowest BCUT2D eigenvalue weighted by molar-refractivity contribution is -0.141. The van der Waals surface area contributed by atoms with Gasteiger partial charge in [0.2, 0.25) is 5.91 Å². The molecule has 1 atom stereocenters. The Labute approximate surface area is 161 Å². The van der Waals surface area contributed by atoms with Crippen molar-refractivity contribution in [1.29, 1.82) is 0 Å². The molecule has 0 aliphatic rings. The maximum atomic E-state index is 13.0. The number of H-pyrrole nitrogens is 1. The van der Waals surface area contributed by atoms with Crippen LogP contribution < -0.4 is 5.73 Å². The van der Waals surface area contributed by atoms with Crippen LogP contribution >= 0.6 is 0 Å². The van der Waals surface area contributed by atoms with Crippen LogP contribution in [0.5, 0.6) is 0 Å². The number of carbonyl (C=O) groups excluding carboxylic acids is 1. The second-order valence-electron chi connectivity index (χ2n) is 6.20. The molecule has 4 rings (SSSR count). The number of hydrogen-bond donors (Lipinski definition) is 2. The minimum absolute atomic E-state index is 0.0602. The van der Waals surface area contributed by atoms with Gasteiger partial charge in [-0.25, -0.2) is 15.0 Å². The van der Waals surface area contributed by atoms with Gasteiger partial charge in [-0.1, -0.05) is 12.1 Å². The normalized spacial score (nSPS) is 12.8. The number of nitrogens with two attached hydrogens (primary N) is 1. The lowest BCUT2D eigenvalue weighted by atomic mass is 10.1. The number of aromatic nitrogens is 5. The molecule has 3 N–H and O–H groups in total. The number of nitrogens with zero attached hydrogens (tertiary/aromatic N) is 4. The number of hydrogen-bond acceptors (Lipinski definition) is 5. The Morgan fingerprint density at radius 2 is 1.86 bits per heavy atom. The van der Waals surface area contributed by atoms with Crippen LogP contribution in [0, 0.1) is 0 Å². The van der Waals surface area contributed by atoms with Crippen molar-refractivity contribution in [3.63, 3.8) is 0 Å². The number of nitrogens with one attached hydrogen (secondary N) is 1. The molecule has 29 heavy (non-hydrogen) atoms. The topological polar surface area (TPSA) is 110 Å². The van der Waals surface area contributed by atoms with E-state index in [4.69, 9.17) is 5.73 Å². The molecule has 7 nitrogen and oxygen atoms in total. The van der Waals surface area contributed by atoms with Gasteiger partial charge in [-0.15, -0.1) is 0 Å². The first kappa shape index (κ1) is 18.5. The van der Waals surface area contributed by atoms with Gasteiger partial charge in [0.1, 0.15) is 17.3 Å². The number of imidazole rings is 1. The van der Waals surface area contributed by atoms with Gasteiger partial charge in [0.15, 0.2) is 5.92 Å². The molecule has 0 bridgehead atoms. The summed E-state index contributed by atoms with van der Waals surface area (Å²) in [6, 6.07) is 11.5. The lowest BCUT2D eigenvalue weighted by Crippen LogP contribution is -2.26. The summed E-state index contributed by atoms with van der Waals surface area (Å²) in [5, 5.41) is 0. The highest BCUT2D eigenvalue weighted by molar-refractivity contribution is 5.86. The second-order valence-corrected chi connectivity index (χ2v) is 6.20. The maximum Gasteiger partial charge on any atom is 0.433 e. The standard InChI is InChI=1S/C19H13F3N6O/c20-19(21,22)14-6-8-25-17(28-14)15(16(23)29)18-26-12-5-4-10(9-13(12)27-18)11-3-1-2-7-24-11/h1-9,15H,(H2,23,29)(H,26,27). The van der Waals surface area contributed by atoms with Crippen molar-refractivity contribution in [1.82, 2.24) is 24.9 Å². The fourth-order valence-corrected chi connectivity index (χ4v) is 2.91. The monoisotopic (exact) mass is 398 g/mol. The summed E-state index contributed by atoms with van der Waals surface area (Å²) >= 11 is 0. The number of primary amides is 1. The summed E-state index contributed by atoms with van der Waals surface area (Å²) in [6.07, 6.45) is -2.08.